The summed E-state index contributed by atoms with van der Waals surface area (Å²) in [5.41, 5.74) is 2.14. The van der Waals surface area contributed by atoms with Crippen molar-refractivity contribution in [2.75, 3.05) is 5.75 Å². The van der Waals surface area contributed by atoms with Crippen LogP contribution >= 0.6 is 0 Å². The van der Waals surface area contributed by atoms with Gasteiger partial charge in [0.2, 0.25) is 0 Å². The van der Waals surface area contributed by atoms with Gasteiger partial charge in [0.25, 0.3) is 0 Å². The highest BCUT2D eigenvalue weighted by atomic mass is 32.2. The number of carbonyl (C=O) groups is 2. The number of nitriles is 1. The number of rotatable bonds is 8. The molecule has 7 nitrogen and oxygen atoms in total. The topological polar surface area (TPSA) is 105 Å². The minimum Gasteiger partial charge on any atom is -0.444 e. The maximum atomic E-state index is 13.5. The van der Waals surface area contributed by atoms with Gasteiger partial charge in [0.15, 0.2) is 15.6 Å². The number of benzene rings is 2. The van der Waals surface area contributed by atoms with Crippen molar-refractivity contribution < 1.29 is 22.7 Å². The molecule has 2 heterocycles. The molecule has 3 fully saturated rings. The molecule has 0 radical (unpaired) electrons. The van der Waals surface area contributed by atoms with E-state index in [4.69, 9.17) is 4.74 Å². The van der Waals surface area contributed by atoms with Crippen molar-refractivity contribution >= 4 is 21.7 Å². The third-order valence-corrected chi connectivity index (χ3v) is 9.56. The Hall–Kier alpha value is -3.18. The lowest BCUT2D eigenvalue weighted by Crippen LogP contribution is -2.61. The minimum atomic E-state index is -3.24. The molecule has 1 saturated carbocycles. The van der Waals surface area contributed by atoms with E-state index in [1.807, 2.05) is 45.0 Å². The quantitative estimate of drug-likeness (QED) is 0.401. The average molecular weight is 551 g/mol. The summed E-state index contributed by atoms with van der Waals surface area (Å²) in [5.74, 6) is -0.374. The van der Waals surface area contributed by atoms with E-state index in [1.54, 1.807) is 36.1 Å². The normalized spacial score (nSPS) is 21.7. The lowest BCUT2D eigenvalue weighted by atomic mass is 9.72. The van der Waals surface area contributed by atoms with Crippen LogP contribution in [0.25, 0.3) is 11.1 Å². The first kappa shape index (κ1) is 28.8. The van der Waals surface area contributed by atoms with Crippen molar-refractivity contribution in [2.45, 2.75) is 88.8 Å². The van der Waals surface area contributed by atoms with E-state index in [1.165, 1.54) is 0 Å². The molecule has 3 aliphatic rings. The summed E-state index contributed by atoms with van der Waals surface area (Å²) in [5, 5.41) is 9.88. The Morgan fingerprint density at radius 3 is 2.08 bits per heavy atom. The number of nitrogens with zero attached hydrogens (tertiary/aromatic N) is 2. The van der Waals surface area contributed by atoms with Gasteiger partial charge in [0, 0.05) is 12.5 Å². The predicted molar refractivity (Wildman–Crippen MR) is 150 cm³/mol. The number of fused-ring (bicyclic) bond motifs is 3. The molecule has 0 spiro atoms. The molecule has 2 atom stereocenters. The largest absolute Gasteiger partial charge is 0.444 e. The fraction of sp³-hybridized carbons (Fsp3) is 0.516. The van der Waals surface area contributed by atoms with Gasteiger partial charge in [-0.1, -0.05) is 43.3 Å². The van der Waals surface area contributed by atoms with E-state index in [9.17, 15) is 23.3 Å². The predicted octanol–water partition coefficient (Wildman–Crippen LogP) is 5.97. The van der Waals surface area contributed by atoms with E-state index >= 15 is 0 Å². The Morgan fingerprint density at radius 2 is 1.56 bits per heavy atom. The molecule has 2 saturated heterocycles. The zero-order valence-corrected chi connectivity index (χ0v) is 24.0. The summed E-state index contributed by atoms with van der Waals surface area (Å²) in [6.45, 7) is 7.10. The van der Waals surface area contributed by atoms with Gasteiger partial charge in [-0.15, -0.1) is 0 Å². The molecule has 0 unspecified atom stereocenters. The Balaban J connectivity index is 1.43. The van der Waals surface area contributed by atoms with E-state index in [0.717, 1.165) is 42.4 Å². The van der Waals surface area contributed by atoms with E-state index in [0.29, 0.717) is 11.3 Å². The van der Waals surface area contributed by atoms with Crippen molar-refractivity contribution in [1.29, 1.82) is 5.26 Å². The van der Waals surface area contributed by atoms with Crippen LogP contribution in [0.15, 0.2) is 53.4 Å². The van der Waals surface area contributed by atoms with Crippen LogP contribution in [-0.4, -0.2) is 48.6 Å². The SMILES string of the molecule is CCS(=O)(=O)c1ccc(-c2ccc(C[C@@H](C#N)CC(=O)[C@@H]3C4CCC(CC4)N3C(=O)OC(C)(C)C)cc2)cc1. The smallest absolute Gasteiger partial charge is 0.411 e. The first-order chi connectivity index (χ1) is 18.4. The van der Waals surface area contributed by atoms with Gasteiger partial charge in [-0.2, -0.15) is 5.26 Å². The number of amides is 1. The summed E-state index contributed by atoms with van der Waals surface area (Å²) >= 11 is 0. The van der Waals surface area contributed by atoms with Crippen molar-refractivity contribution in [3.63, 3.8) is 0 Å². The molecule has 208 valence electrons. The van der Waals surface area contributed by atoms with E-state index < -0.39 is 33.5 Å². The molecule has 1 aliphatic carbocycles. The van der Waals surface area contributed by atoms with Gasteiger partial charge in [0.1, 0.15) is 5.60 Å². The first-order valence-corrected chi connectivity index (χ1v) is 15.4. The average Bonchev–Trinajstić information content (AvgIpc) is 2.92. The van der Waals surface area contributed by atoms with Gasteiger partial charge in [-0.3, -0.25) is 9.69 Å². The monoisotopic (exact) mass is 550 g/mol. The zero-order valence-electron chi connectivity index (χ0n) is 23.2. The molecule has 0 N–H and O–H groups in total. The van der Waals surface area contributed by atoms with Crippen LogP contribution in [0.2, 0.25) is 0 Å². The Kier molecular flexibility index (Phi) is 8.51. The van der Waals surface area contributed by atoms with Crippen LogP contribution in [-0.2, 0) is 25.8 Å². The maximum absolute atomic E-state index is 13.5. The van der Waals surface area contributed by atoms with Crippen LogP contribution in [0.1, 0.15) is 65.4 Å². The van der Waals surface area contributed by atoms with Crippen LogP contribution in [0.4, 0.5) is 4.79 Å². The van der Waals surface area contributed by atoms with Gasteiger partial charge in [0.05, 0.1) is 28.7 Å². The fourth-order valence-corrected chi connectivity index (χ4v) is 6.70. The first-order valence-electron chi connectivity index (χ1n) is 13.8. The number of ether oxygens (including phenoxy) is 1. The second-order valence-electron chi connectivity index (χ2n) is 11.7. The summed E-state index contributed by atoms with van der Waals surface area (Å²) in [7, 11) is -3.24. The summed E-state index contributed by atoms with van der Waals surface area (Å²) in [6, 6.07) is 16.4. The molecule has 8 heteroatoms. The second kappa shape index (κ2) is 11.5. The van der Waals surface area contributed by atoms with Crippen molar-refractivity contribution in [2.24, 2.45) is 11.8 Å². The molecular weight excluding hydrogens is 512 g/mol. The molecule has 2 aromatic carbocycles. The van der Waals surface area contributed by atoms with E-state index in [2.05, 4.69) is 6.07 Å². The molecule has 2 aromatic rings. The molecule has 2 bridgehead atoms. The summed E-state index contributed by atoms with van der Waals surface area (Å²) in [4.78, 5) is 28.6. The minimum absolute atomic E-state index is 0.0167. The number of hydrogen-bond donors (Lipinski definition) is 0. The van der Waals surface area contributed by atoms with Gasteiger partial charge in [-0.25, -0.2) is 13.2 Å². The van der Waals surface area contributed by atoms with E-state index in [-0.39, 0.29) is 29.9 Å². The highest BCUT2D eigenvalue weighted by Crippen LogP contribution is 2.41. The number of Topliss-reactive ketones (excluding diaryl/α,β-unsaturated/α-hetero) is 1. The Morgan fingerprint density at radius 1 is 1.00 bits per heavy atom. The Bertz CT molecular complexity index is 1330. The van der Waals surface area contributed by atoms with Gasteiger partial charge in [-0.05, 0) is 87.6 Å². The molecule has 2 aliphatic heterocycles. The number of piperidine rings is 2. The van der Waals surface area contributed by atoms with Crippen molar-refractivity contribution in [1.82, 2.24) is 4.90 Å². The van der Waals surface area contributed by atoms with Crippen LogP contribution in [0, 0.1) is 23.2 Å². The number of hydrogen-bond acceptors (Lipinski definition) is 6. The van der Waals surface area contributed by atoms with Crippen LogP contribution in [0.3, 0.4) is 0 Å². The zero-order chi connectivity index (χ0) is 28.4. The Labute approximate surface area is 232 Å². The molecule has 5 rings (SSSR count). The lowest BCUT2D eigenvalue weighted by Gasteiger charge is -2.50. The van der Waals surface area contributed by atoms with Gasteiger partial charge < -0.3 is 4.74 Å². The summed E-state index contributed by atoms with van der Waals surface area (Å²) < 4.78 is 29.8. The number of carbonyl (C=O) groups excluding carboxylic acids is 2. The van der Waals surface area contributed by atoms with Gasteiger partial charge >= 0.3 is 6.09 Å². The van der Waals surface area contributed by atoms with Crippen LogP contribution in [0.5, 0.6) is 0 Å². The molecule has 1 amide bonds. The van der Waals surface area contributed by atoms with Crippen molar-refractivity contribution in [3.05, 3.63) is 54.1 Å². The highest BCUT2D eigenvalue weighted by Gasteiger charge is 2.48. The van der Waals surface area contributed by atoms with Crippen LogP contribution < -0.4 is 0 Å². The standard InChI is InChI=1S/C31H38N2O5S/c1-5-39(36,37)27-16-12-24(13-17-27)23-8-6-21(7-9-23)18-22(20-32)19-28(34)29-25-10-14-26(15-11-25)33(29)30(35)38-31(2,3)4/h6-9,12-13,16-17,22,25-26,29H,5,10-11,14-15,18-19H2,1-4H3/t22-,25?,26?,29+/m1/s1. The maximum Gasteiger partial charge on any atom is 0.411 e. The third kappa shape index (κ3) is 6.70. The third-order valence-electron chi connectivity index (χ3n) is 7.81. The summed E-state index contributed by atoms with van der Waals surface area (Å²) in [6.07, 6.45) is 3.72. The molecular formula is C31H38N2O5S. The molecule has 39 heavy (non-hydrogen) atoms. The second-order valence-corrected chi connectivity index (χ2v) is 14.0. The fourth-order valence-electron chi connectivity index (χ4n) is 5.81. The highest BCUT2D eigenvalue weighted by molar-refractivity contribution is 7.91. The number of ketones is 1. The van der Waals surface area contributed by atoms with Crippen molar-refractivity contribution in [3.8, 4) is 17.2 Å². The lowest BCUT2D eigenvalue weighted by molar-refractivity contribution is -0.133. The molecule has 0 aromatic heterocycles. The number of sulfone groups is 1.